The third-order valence-electron chi connectivity index (χ3n) is 4.27. The second kappa shape index (κ2) is 5.12. The Morgan fingerprint density at radius 1 is 1.20 bits per heavy atom. The Bertz CT molecular complexity index is 562. The Kier molecular flexibility index (Phi) is 3.30. The number of likely N-dealkylation sites (tertiary alicyclic amines) is 1. The van der Waals surface area contributed by atoms with Crippen molar-refractivity contribution in [2.75, 3.05) is 6.54 Å². The largest absolute Gasteiger partial charge is 0.478 e. The fraction of sp³-hybridized carbons (Fsp3) is 0.375. The number of carbonyl (C=O) groups excluding carboxylic acids is 1. The van der Waals surface area contributed by atoms with Gasteiger partial charge in [-0.2, -0.15) is 0 Å². The normalized spacial score (nSPS) is 24.5. The van der Waals surface area contributed by atoms with E-state index in [4.69, 9.17) is 5.11 Å². The van der Waals surface area contributed by atoms with Crippen molar-refractivity contribution in [1.82, 2.24) is 4.90 Å². The molecule has 1 heterocycles. The molecular formula is C16H17NO3. The van der Waals surface area contributed by atoms with Crippen molar-refractivity contribution < 1.29 is 14.7 Å². The summed E-state index contributed by atoms with van der Waals surface area (Å²) in [5.41, 5.74) is 1.10. The van der Waals surface area contributed by atoms with Gasteiger partial charge in [-0.05, 0) is 49.0 Å². The molecular weight excluding hydrogens is 254 g/mol. The van der Waals surface area contributed by atoms with Crippen LogP contribution in [0.3, 0.4) is 0 Å². The lowest BCUT2D eigenvalue weighted by molar-refractivity contribution is -0.127. The van der Waals surface area contributed by atoms with Gasteiger partial charge in [0, 0.05) is 18.7 Å². The summed E-state index contributed by atoms with van der Waals surface area (Å²) in [4.78, 5) is 24.8. The lowest BCUT2D eigenvalue weighted by Crippen LogP contribution is -2.36. The Morgan fingerprint density at radius 3 is 2.50 bits per heavy atom. The number of hydrogen-bond acceptors (Lipinski definition) is 2. The molecule has 4 nitrogen and oxygen atoms in total. The number of rotatable bonds is 3. The molecule has 2 atom stereocenters. The molecule has 1 amide bonds. The first-order valence-corrected chi connectivity index (χ1v) is 6.95. The molecule has 2 aliphatic rings. The summed E-state index contributed by atoms with van der Waals surface area (Å²) in [6.45, 7) is 0.895. The summed E-state index contributed by atoms with van der Waals surface area (Å²) < 4.78 is 0. The van der Waals surface area contributed by atoms with Crippen molar-refractivity contribution in [2.24, 2.45) is 5.92 Å². The average Bonchev–Trinajstić information content (AvgIpc) is 3.08. The lowest BCUT2D eigenvalue weighted by atomic mass is 10.1. The number of hydrogen-bond donors (Lipinski definition) is 1. The number of piperidine rings is 1. The van der Waals surface area contributed by atoms with Crippen LogP contribution in [0.4, 0.5) is 0 Å². The van der Waals surface area contributed by atoms with Gasteiger partial charge in [0.2, 0.25) is 5.91 Å². The maximum absolute atomic E-state index is 12.1. The molecule has 2 bridgehead atoms. The zero-order valence-electron chi connectivity index (χ0n) is 11.2. The zero-order valence-corrected chi connectivity index (χ0v) is 11.2. The molecule has 3 rings (SSSR count). The van der Waals surface area contributed by atoms with Crippen molar-refractivity contribution in [2.45, 2.75) is 25.3 Å². The molecule has 1 aromatic carbocycles. The van der Waals surface area contributed by atoms with Crippen LogP contribution in [0.1, 0.15) is 35.2 Å². The highest BCUT2D eigenvalue weighted by atomic mass is 16.4. The maximum atomic E-state index is 12.1. The number of amides is 1. The van der Waals surface area contributed by atoms with Crippen LogP contribution >= 0.6 is 0 Å². The number of carbonyl (C=O) groups is 2. The summed E-state index contributed by atoms with van der Waals surface area (Å²) >= 11 is 0. The zero-order chi connectivity index (χ0) is 14.1. The lowest BCUT2D eigenvalue weighted by Gasteiger charge is -2.25. The fourth-order valence-electron chi connectivity index (χ4n) is 3.19. The molecule has 4 heteroatoms. The van der Waals surface area contributed by atoms with E-state index in [0.717, 1.165) is 24.9 Å². The first-order valence-electron chi connectivity index (χ1n) is 6.95. The summed E-state index contributed by atoms with van der Waals surface area (Å²) in [7, 11) is 0. The smallest absolute Gasteiger partial charge is 0.335 e. The van der Waals surface area contributed by atoms with Crippen molar-refractivity contribution in [1.29, 1.82) is 0 Å². The van der Waals surface area contributed by atoms with Crippen molar-refractivity contribution in [3.05, 3.63) is 41.5 Å². The molecule has 1 saturated carbocycles. The van der Waals surface area contributed by atoms with E-state index >= 15 is 0 Å². The number of fused-ring (bicyclic) bond motifs is 2. The van der Waals surface area contributed by atoms with Gasteiger partial charge in [-0.25, -0.2) is 4.79 Å². The monoisotopic (exact) mass is 271 g/mol. The van der Waals surface area contributed by atoms with Gasteiger partial charge in [-0.15, -0.1) is 0 Å². The Morgan fingerprint density at radius 2 is 1.95 bits per heavy atom. The minimum Gasteiger partial charge on any atom is -0.478 e. The summed E-state index contributed by atoms with van der Waals surface area (Å²) in [6, 6.07) is 6.95. The van der Waals surface area contributed by atoms with Crippen LogP contribution in [0.15, 0.2) is 30.3 Å². The Balaban J connectivity index is 1.65. The molecule has 104 valence electrons. The van der Waals surface area contributed by atoms with E-state index in [2.05, 4.69) is 0 Å². The Hall–Kier alpha value is -2.10. The van der Waals surface area contributed by atoms with Crippen LogP contribution in [-0.4, -0.2) is 34.5 Å². The number of carboxylic acids is 1. The van der Waals surface area contributed by atoms with Crippen LogP contribution < -0.4 is 0 Å². The van der Waals surface area contributed by atoms with Crippen LogP contribution in [0.5, 0.6) is 0 Å². The quantitative estimate of drug-likeness (QED) is 0.859. The molecule has 1 saturated heterocycles. The number of benzene rings is 1. The molecule has 0 spiro atoms. The van der Waals surface area contributed by atoms with Gasteiger partial charge in [0.05, 0.1) is 5.56 Å². The van der Waals surface area contributed by atoms with Crippen LogP contribution in [-0.2, 0) is 4.79 Å². The molecule has 1 aromatic rings. The Labute approximate surface area is 117 Å². The second-order valence-electron chi connectivity index (χ2n) is 5.58. The molecule has 1 aliphatic carbocycles. The minimum absolute atomic E-state index is 0.0690. The molecule has 1 aliphatic heterocycles. The first kappa shape index (κ1) is 12.9. The van der Waals surface area contributed by atoms with Gasteiger partial charge < -0.3 is 10.0 Å². The van der Waals surface area contributed by atoms with Crippen LogP contribution in [0, 0.1) is 5.92 Å². The molecule has 1 N–H and O–H groups in total. The van der Waals surface area contributed by atoms with Crippen molar-refractivity contribution in [3.63, 3.8) is 0 Å². The summed E-state index contributed by atoms with van der Waals surface area (Å²) in [5, 5.41) is 8.82. The van der Waals surface area contributed by atoms with E-state index in [9.17, 15) is 9.59 Å². The minimum atomic E-state index is -0.940. The van der Waals surface area contributed by atoms with Gasteiger partial charge in [-0.3, -0.25) is 4.79 Å². The standard InChI is InChI=1S/C16H17NO3/c18-15(17-10-12-3-7-14(17)9-12)8-4-11-1-5-13(6-2-11)16(19)20/h1-2,4-6,8,12,14H,3,7,9-10H2,(H,19,20). The van der Waals surface area contributed by atoms with E-state index in [1.165, 1.54) is 6.42 Å². The van der Waals surface area contributed by atoms with Gasteiger partial charge in [-0.1, -0.05) is 12.1 Å². The highest BCUT2D eigenvalue weighted by Crippen LogP contribution is 2.37. The summed E-state index contributed by atoms with van der Waals surface area (Å²) in [6.07, 6.45) is 6.90. The van der Waals surface area contributed by atoms with E-state index < -0.39 is 5.97 Å². The highest BCUT2D eigenvalue weighted by molar-refractivity contribution is 5.92. The molecule has 2 unspecified atom stereocenters. The maximum Gasteiger partial charge on any atom is 0.335 e. The fourth-order valence-corrected chi connectivity index (χ4v) is 3.19. The van der Waals surface area contributed by atoms with Gasteiger partial charge in [0.25, 0.3) is 0 Å². The highest BCUT2D eigenvalue weighted by Gasteiger charge is 2.39. The van der Waals surface area contributed by atoms with Crippen molar-refractivity contribution >= 4 is 18.0 Å². The predicted octanol–water partition coefficient (Wildman–Crippen LogP) is 2.41. The SMILES string of the molecule is O=C(O)c1ccc(C=CC(=O)N2CC3CCC2C3)cc1. The third kappa shape index (κ3) is 2.46. The van der Waals surface area contributed by atoms with E-state index in [1.54, 1.807) is 36.4 Å². The van der Waals surface area contributed by atoms with E-state index in [0.29, 0.717) is 12.0 Å². The van der Waals surface area contributed by atoms with E-state index in [-0.39, 0.29) is 11.5 Å². The summed E-state index contributed by atoms with van der Waals surface area (Å²) in [5.74, 6) is -0.170. The number of aromatic carboxylic acids is 1. The molecule has 0 radical (unpaired) electrons. The van der Waals surface area contributed by atoms with Crippen molar-refractivity contribution in [3.8, 4) is 0 Å². The average molecular weight is 271 g/mol. The molecule has 2 fully saturated rings. The third-order valence-corrected chi connectivity index (χ3v) is 4.27. The van der Waals surface area contributed by atoms with Crippen LogP contribution in [0.2, 0.25) is 0 Å². The first-order chi connectivity index (χ1) is 9.63. The van der Waals surface area contributed by atoms with Crippen LogP contribution in [0.25, 0.3) is 6.08 Å². The number of nitrogens with zero attached hydrogens (tertiary/aromatic N) is 1. The molecule has 20 heavy (non-hydrogen) atoms. The van der Waals surface area contributed by atoms with E-state index in [1.807, 2.05) is 4.90 Å². The predicted molar refractivity (Wildman–Crippen MR) is 75.3 cm³/mol. The van der Waals surface area contributed by atoms with Gasteiger partial charge in [0.15, 0.2) is 0 Å². The van der Waals surface area contributed by atoms with Gasteiger partial charge >= 0.3 is 5.97 Å². The number of carboxylic acid groups (broad SMARTS) is 1. The topological polar surface area (TPSA) is 57.6 Å². The molecule has 0 aromatic heterocycles. The van der Waals surface area contributed by atoms with Gasteiger partial charge in [0.1, 0.15) is 0 Å². The second-order valence-corrected chi connectivity index (χ2v) is 5.58.